The van der Waals surface area contributed by atoms with Crippen LogP contribution in [0.2, 0.25) is 5.02 Å². The summed E-state index contributed by atoms with van der Waals surface area (Å²) >= 11 is 5.49. The van der Waals surface area contributed by atoms with E-state index in [0.29, 0.717) is 11.9 Å². The quantitative estimate of drug-likeness (QED) is 0.557. The first-order chi connectivity index (χ1) is 14.3. The van der Waals surface area contributed by atoms with Crippen LogP contribution >= 0.6 is 11.6 Å². The number of aryl methyl sites for hydroxylation is 2. The van der Waals surface area contributed by atoms with Crippen LogP contribution in [0.15, 0.2) is 29.4 Å². The molecular formula is C17H18ClF3N4O5S. The number of hydrogen-bond donors (Lipinski definition) is 2. The second-order valence-corrected chi connectivity index (χ2v) is 8.41. The molecule has 0 saturated heterocycles. The SMILES string of the molecule is Cc1nc(S(=O)(=O)NCCC(=O)OCC(=O)Nc2ccc(Cl)c(C(F)(F)F)c2)cn1C. The number of rotatable bonds is 8. The van der Waals surface area contributed by atoms with E-state index in [0.717, 1.165) is 12.1 Å². The van der Waals surface area contributed by atoms with E-state index in [1.807, 2.05) is 0 Å². The number of hydrogen-bond acceptors (Lipinski definition) is 6. The van der Waals surface area contributed by atoms with Gasteiger partial charge in [0.25, 0.3) is 15.9 Å². The second kappa shape index (κ2) is 9.66. The lowest BCUT2D eigenvalue weighted by Gasteiger charge is -2.12. The van der Waals surface area contributed by atoms with E-state index in [9.17, 15) is 31.2 Å². The van der Waals surface area contributed by atoms with Crippen LogP contribution in [0.4, 0.5) is 18.9 Å². The molecule has 0 fully saturated rings. The minimum absolute atomic E-state index is 0.184. The first-order valence-electron chi connectivity index (χ1n) is 8.61. The number of imidazole rings is 1. The lowest BCUT2D eigenvalue weighted by molar-refractivity contribution is -0.147. The molecule has 0 saturated carbocycles. The van der Waals surface area contributed by atoms with Crippen molar-refractivity contribution in [2.24, 2.45) is 7.05 Å². The Morgan fingerprint density at radius 3 is 2.55 bits per heavy atom. The third kappa shape index (κ3) is 6.94. The van der Waals surface area contributed by atoms with E-state index in [-0.39, 0.29) is 23.7 Å². The highest BCUT2D eigenvalue weighted by Gasteiger charge is 2.33. The molecule has 31 heavy (non-hydrogen) atoms. The van der Waals surface area contributed by atoms with E-state index in [1.54, 1.807) is 14.0 Å². The van der Waals surface area contributed by atoms with Crippen LogP contribution in [0.3, 0.4) is 0 Å². The lowest BCUT2D eigenvalue weighted by atomic mass is 10.2. The van der Waals surface area contributed by atoms with Crippen molar-refractivity contribution in [3.63, 3.8) is 0 Å². The van der Waals surface area contributed by atoms with Gasteiger partial charge in [0, 0.05) is 25.5 Å². The van der Waals surface area contributed by atoms with Crippen LogP contribution in [-0.2, 0) is 37.6 Å². The Hall–Kier alpha value is -2.64. The summed E-state index contributed by atoms with van der Waals surface area (Å²) in [5.41, 5.74) is -1.31. The smallest absolute Gasteiger partial charge is 0.417 e. The van der Waals surface area contributed by atoms with E-state index in [4.69, 9.17) is 11.6 Å². The first-order valence-corrected chi connectivity index (χ1v) is 10.5. The van der Waals surface area contributed by atoms with E-state index < -0.39 is 45.3 Å². The van der Waals surface area contributed by atoms with Crippen LogP contribution in [-0.4, -0.2) is 43.0 Å². The molecule has 170 valence electrons. The summed E-state index contributed by atoms with van der Waals surface area (Å²) in [6, 6.07) is 2.78. The van der Waals surface area contributed by atoms with Crippen molar-refractivity contribution in [2.45, 2.75) is 24.5 Å². The second-order valence-electron chi connectivity index (χ2n) is 6.29. The van der Waals surface area contributed by atoms with Gasteiger partial charge in [0.15, 0.2) is 11.6 Å². The molecule has 0 unspecified atom stereocenters. The Bertz CT molecular complexity index is 1070. The Balaban J connectivity index is 1.80. The normalized spacial score (nSPS) is 11.9. The molecule has 1 heterocycles. The monoisotopic (exact) mass is 482 g/mol. The summed E-state index contributed by atoms with van der Waals surface area (Å²) in [5, 5.41) is 1.41. The maximum Gasteiger partial charge on any atom is 0.417 e. The van der Waals surface area contributed by atoms with Gasteiger partial charge in [-0.15, -0.1) is 0 Å². The number of anilines is 1. The van der Waals surface area contributed by atoms with E-state index in [1.165, 1.54) is 10.8 Å². The van der Waals surface area contributed by atoms with Gasteiger partial charge in [0.1, 0.15) is 5.82 Å². The molecule has 0 aliphatic carbocycles. The van der Waals surface area contributed by atoms with Crippen molar-refractivity contribution in [3.05, 3.63) is 40.8 Å². The summed E-state index contributed by atoms with van der Waals surface area (Å²) in [6.07, 6.45) is -3.77. The van der Waals surface area contributed by atoms with Gasteiger partial charge in [0.2, 0.25) is 0 Å². The largest absolute Gasteiger partial charge is 0.456 e. The van der Waals surface area contributed by atoms with Crippen molar-refractivity contribution in [1.82, 2.24) is 14.3 Å². The fourth-order valence-corrected chi connectivity index (χ4v) is 3.55. The molecule has 2 rings (SSSR count). The minimum atomic E-state index is -4.70. The molecule has 9 nitrogen and oxygen atoms in total. The topological polar surface area (TPSA) is 119 Å². The zero-order chi connectivity index (χ0) is 23.4. The highest BCUT2D eigenvalue weighted by molar-refractivity contribution is 7.89. The first kappa shape index (κ1) is 24.6. The summed E-state index contributed by atoms with van der Waals surface area (Å²) in [5.74, 6) is -1.29. The number of sulfonamides is 1. The van der Waals surface area contributed by atoms with Gasteiger partial charge in [-0.3, -0.25) is 9.59 Å². The van der Waals surface area contributed by atoms with Crippen LogP contribution in [0.5, 0.6) is 0 Å². The summed E-state index contributed by atoms with van der Waals surface area (Å²) < 4.78 is 71.0. The zero-order valence-electron chi connectivity index (χ0n) is 16.3. The molecular weight excluding hydrogens is 465 g/mol. The number of halogens is 4. The standard InChI is InChI=1S/C17H18ClF3N4O5S/c1-10-23-15(8-25(10)2)31(28,29)22-6-5-16(27)30-9-14(26)24-11-3-4-13(18)12(7-11)17(19,20)21/h3-4,7-8,22H,5-6,9H2,1-2H3,(H,24,26). The van der Waals surface area contributed by atoms with Crippen molar-refractivity contribution in [1.29, 1.82) is 0 Å². The highest BCUT2D eigenvalue weighted by atomic mass is 35.5. The molecule has 1 aromatic carbocycles. The van der Waals surface area contributed by atoms with Crippen molar-refractivity contribution >= 4 is 39.2 Å². The Morgan fingerprint density at radius 1 is 1.29 bits per heavy atom. The van der Waals surface area contributed by atoms with Crippen LogP contribution in [0.25, 0.3) is 0 Å². The Labute approximate surface area is 180 Å². The molecule has 2 aromatic rings. The highest BCUT2D eigenvalue weighted by Crippen LogP contribution is 2.36. The van der Waals surface area contributed by atoms with Crippen LogP contribution < -0.4 is 10.0 Å². The number of benzene rings is 1. The van der Waals surface area contributed by atoms with Crippen LogP contribution in [0.1, 0.15) is 17.8 Å². The predicted molar refractivity (Wildman–Crippen MR) is 104 cm³/mol. The molecule has 0 atom stereocenters. The van der Waals surface area contributed by atoms with Gasteiger partial charge in [-0.05, 0) is 25.1 Å². The predicted octanol–water partition coefficient (Wildman–Crippen LogP) is 2.25. The molecule has 0 radical (unpaired) electrons. The number of carbonyl (C=O) groups excluding carboxylic acids is 2. The number of amides is 1. The number of aromatic nitrogens is 2. The number of esters is 1. The van der Waals surface area contributed by atoms with Gasteiger partial charge in [-0.1, -0.05) is 11.6 Å². The number of nitrogens with zero attached hydrogens (tertiary/aromatic N) is 2. The van der Waals surface area contributed by atoms with Gasteiger partial charge >= 0.3 is 12.1 Å². The molecule has 2 N–H and O–H groups in total. The Kier molecular flexibility index (Phi) is 7.68. The molecule has 0 bridgehead atoms. The molecule has 1 amide bonds. The van der Waals surface area contributed by atoms with E-state index >= 15 is 0 Å². The average Bonchev–Trinajstić information content (AvgIpc) is 3.00. The number of carbonyl (C=O) groups is 2. The molecule has 0 aliphatic heterocycles. The maximum absolute atomic E-state index is 12.8. The van der Waals surface area contributed by atoms with Crippen molar-refractivity contribution in [3.8, 4) is 0 Å². The van der Waals surface area contributed by atoms with Gasteiger partial charge in [0.05, 0.1) is 17.0 Å². The van der Waals surface area contributed by atoms with Gasteiger partial charge in [-0.25, -0.2) is 18.1 Å². The summed E-state index contributed by atoms with van der Waals surface area (Å²) in [6.45, 7) is 0.551. The number of alkyl halides is 3. The van der Waals surface area contributed by atoms with Crippen molar-refractivity contribution < 1.29 is 35.9 Å². The lowest BCUT2D eigenvalue weighted by Crippen LogP contribution is -2.28. The molecule has 1 aromatic heterocycles. The average molecular weight is 483 g/mol. The fourth-order valence-electron chi connectivity index (χ4n) is 2.25. The van der Waals surface area contributed by atoms with Gasteiger partial charge in [-0.2, -0.15) is 13.2 Å². The maximum atomic E-state index is 12.8. The number of nitrogens with one attached hydrogen (secondary N) is 2. The fraction of sp³-hybridized carbons (Fsp3) is 0.353. The third-order valence-corrected chi connectivity index (χ3v) is 5.56. The minimum Gasteiger partial charge on any atom is -0.456 e. The van der Waals surface area contributed by atoms with E-state index in [2.05, 4.69) is 19.8 Å². The molecule has 0 aliphatic rings. The van der Waals surface area contributed by atoms with Crippen molar-refractivity contribution in [2.75, 3.05) is 18.5 Å². The van der Waals surface area contributed by atoms with Crippen LogP contribution in [0, 0.1) is 6.92 Å². The summed E-state index contributed by atoms with van der Waals surface area (Å²) in [4.78, 5) is 27.3. The van der Waals surface area contributed by atoms with Gasteiger partial charge < -0.3 is 14.6 Å². The molecule has 0 spiro atoms. The number of ether oxygens (including phenoxy) is 1. The molecule has 14 heteroatoms. The Morgan fingerprint density at radius 2 is 1.97 bits per heavy atom. The third-order valence-electron chi connectivity index (χ3n) is 3.90. The zero-order valence-corrected chi connectivity index (χ0v) is 17.9. The summed E-state index contributed by atoms with van der Waals surface area (Å²) in [7, 11) is -2.30.